The number of hydrogen-bond acceptors (Lipinski definition) is 4. The highest BCUT2D eigenvalue weighted by Gasteiger charge is 2.57. The molecular weight excluding hydrogens is 414 g/mol. The van der Waals surface area contributed by atoms with E-state index >= 15 is 0 Å². The summed E-state index contributed by atoms with van der Waals surface area (Å²) in [5.74, 6) is -0.0874. The molecule has 2 saturated carbocycles. The van der Waals surface area contributed by atoms with Gasteiger partial charge in [0.15, 0.2) is 0 Å². The number of methoxy groups -OCH3 is 1. The number of ether oxygens (including phenoxy) is 1. The molecule has 2 amide bonds. The number of imide groups is 1. The Balaban J connectivity index is 1.49. The summed E-state index contributed by atoms with van der Waals surface area (Å²) in [4.78, 5) is 39.7. The van der Waals surface area contributed by atoms with Crippen LogP contribution in [0.25, 0.3) is 0 Å². The number of amides is 2. The number of nitrogens with zero attached hydrogens (tertiary/aromatic N) is 1. The van der Waals surface area contributed by atoms with E-state index in [0.29, 0.717) is 18.5 Å². The van der Waals surface area contributed by atoms with Crippen molar-refractivity contribution >= 4 is 17.8 Å². The van der Waals surface area contributed by atoms with E-state index < -0.39 is 5.41 Å². The Hall–Kier alpha value is -2.69. The van der Waals surface area contributed by atoms with Crippen LogP contribution in [-0.2, 0) is 25.7 Å². The lowest BCUT2D eigenvalue weighted by Gasteiger charge is -2.57. The van der Waals surface area contributed by atoms with Gasteiger partial charge in [0.1, 0.15) is 0 Å². The van der Waals surface area contributed by atoms with Gasteiger partial charge in [-0.25, -0.2) is 0 Å². The van der Waals surface area contributed by atoms with Gasteiger partial charge < -0.3 is 4.74 Å². The van der Waals surface area contributed by atoms with E-state index in [9.17, 15) is 14.4 Å². The van der Waals surface area contributed by atoms with Crippen LogP contribution in [0.5, 0.6) is 0 Å². The number of benzene rings is 1. The largest absolute Gasteiger partial charge is 0.469 e. The number of carbonyl (C=O) groups is 3. The lowest BCUT2D eigenvalue weighted by atomic mass is 9.46. The minimum absolute atomic E-state index is 0.0630. The second kappa shape index (κ2) is 8.92. The SMILES string of the molecule is C=C1CC[C@H]2[C@](C)(CCC[C@]2(C)C(=O)OC)[C@H]1CCC1=CC(=O)N(Cc2ccccc2)C1=O. The van der Waals surface area contributed by atoms with Gasteiger partial charge in [-0.3, -0.25) is 19.3 Å². The zero-order chi connectivity index (χ0) is 23.8. The van der Waals surface area contributed by atoms with Gasteiger partial charge in [0.2, 0.25) is 0 Å². The third kappa shape index (κ3) is 4.07. The molecule has 1 aliphatic heterocycles. The van der Waals surface area contributed by atoms with E-state index in [1.54, 1.807) is 0 Å². The first-order valence-electron chi connectivity index (χ1n) is 12.1. The predicted octanol–water partition coefficient (Wildman–Crippen LogP) is 5.21. The molecule has 5 heteroatoms. The van der Waals surface area contributed by atoms with Gasteiger partial charge in [-0.2, -0.15) is 0 Å². The van der Waals surface area contributed by atoms with Crippen LogP contribution in [0.15, 0.2) is 54.1 Å². The smallest absolute Gasteiger partial charge is 0.311 e. The van der Waals surface area contributed by atoms with Crippen LogP contribution in [0.2, 0.25) is 0 Å². The molecule has 1 heterocycles. The molecule has 1 aromatic rings. The monoisotopic (exact) mass is 449 g/mol. The zero-order valence-electron chi connectivity index (χ0n) is 20.1. The Morgan fingerprint density at radius 1 is 1.18 bits per heavy atom. The lowest BCUT2D eigenvalue weighted by molar-refractivity contribution is -0.168. The summed E-state index contributed by atoms with van der Waals surface area (Å²) in [6, 6.07) is 9.58. The molecule has 2 aliphatic carbocycles. The van der Waals surface area contributed by atoms with Crippen LogP contribution < -0.4 is 0 Å². The van der Waals surface area contributed by atoms with Crippen molar-refractivity contribution in [2.75, 3.05) is 7.11 Å². The third-order valence-electron chi connectivity index (χ3n) is 8.64. The maximum absolute atomic E-state index is 13.0. The molecule has 176 valence electrons. The van der Waals surface area contributed by atoms with Crippen molar-refractivity contribution in [2.24, 2.45) is 22.7 Å². The first kappa shape index (κ1) is 23.5. The molecule has 4 atom stereocenters. The average molecular weight is 450 g/mol. The average Bonchev–Trinajstić information content (AvgIpc) is 3.06. The van der Waals surface area contributed by atoms with Crippen LogP contribution in [-0.4, -0.2) is 29.8 Å². The quantitative estimate of drug-likeness (QED) is 0.340. The molecular formula is C28H35NO4. The molecule has 0 aromatic heterocycles. The molecule has 33 heavy (non-hydrogen) atoms. The normalized spacial score (nSPS) is 31.9. The maximum Gasteiger partial charge on any atom is 0.311 e. The fourth-order valence-electron chi connectivity index (χ4n) is 6.92. The Morgan fingerprint density at radius 3 is 2.61 bits per heavy atom. The standard InChI is InChI=1S/C28H35NO4/c1-19-11-14-23-27(2,15-8-16-28(23,3)26(32)33-4)22(19)13-12-21-17-24(30)29(25(21)31)18-20-9-6-5-7-10-20/h5-7,9-10,17,22-23H,1,8,11-16,18H2,2-4H3/t22-,23-,27+,28-/m0/s1. The van der Waals surface area contributed by atoms with Crippen molar-refractivity contribution < 1.29 is 19.1 Å². The molecule has 2 fully saturated rings. The van der Waals surface area contributed by atoms with Crippen molar-refractivity contribution in [3.63, 3.8) is 0 Å². The van der Waals surface area contributed by atoms with E-state index in [0.717, 1.165) is 44.1 Å². The third-order valence-corrected chi connectivity index (χ3v) is 8.64. The van der Waals surface area contributed by atoms with E-state index in [1.165, 1.54) is 23.7 Å². The predicted molar refractivity (Wildman–Crippen MR) is 127 cm³/mol. The summed E-state index contributed by atoms with van der Waals surface area (Å²) in [6.45, 7) is 9.06. The second-order valence-corrected chi connectivity index (χ2v) is 10.5. The Kier molecular flexibility index (Phi) is 6.35. The molecule has 3 aliphatic rings. The molecule has 5 nitrogen and oxygen atoms in total. The highest BCUT2D eigenvalue weighted by Crippen LogP contribution is 2.62. The van der Waals surface area contributed by atoms with Gasteiger partial charge in [-0.1, -0.05) is 55.8 Å². The zero-order valence-corrected chi connectivity index (χ0v) is 20.1. The number of fused-ring (bicyclic) bond motifs is 1. The van der Waals surface area contributed by atoms with Gasteiger partial charge >= 0.3 is 5.97 Å². The first-order valence-corrected chi connectivity index (χ1v) is 12.1. The van der Waals surface area contributed by atoms with E-state index in [-0.39, 0.29) is 35.0 Å². The molecule has 0 radical (unpaired) electrons. The molecule has 0 saturated heterocycles. The molecule has 0 N–H and O–H groups in total. The van der Waals surface area contributed by atoms with E-state index in [2.05, 4.69) is 20.4 Å². The van der Waals surface area contributed by atoms with Crippen molar-refractivity contribution in [3.05, 3.63) is 59.7 Å². The van der Waals surface area contributed by atoms with Crippen LogP contribution in [0.3, 0.4) is 0 Å². The Bertz CT molecular complexity index is 996. The van der Waals surface area contributed by atoms with Crippen molar-refractivity contribution in [3.8, 4) is 0 Å². The van der Waals surface area contributed by atoms with Gasteiger partial charge in [0.25, 0.3) is 11.8 Å². The molecule has 0 spiro atoms. The molecule has 4 rings (SSSR count). The minimum Gasteiger partial charge on any atom is -0.469 e. The topological polar surface area (TPSA) is 63.7 Å². The second-order valence-electron chi connectivity index (χ2n) is 10.5. The number of allylic oxidation sites excluding steroid dienone is 1. The number of hydrogen-bond donors (Lipinski definition) is 0. The van der Waals surface area contributed by atoms with Crippen LogP contribution >= 0.6 is 0 Å². The summed E-state index contributed by atoms with van der Waals surface area (Å²) in [7, 11) is 1.48. The summed E-state index contributed by atoms with van der Waals surface area (Å²) in [5, 5.41) is 0. The van der Waals surface area contributed by atoms with Gasteiger partial charge in [0.05, 0.1) is 19.1 Å². The first-order chi connectivity index (χ1) is 15.7. The molecule has 1 aromatic carbocycles. The fraction of sp³-hybridized carbons (Fsp3) is 0.536. The van der Waals surface area contributed by atoms with Crippen molar-refractivity contribution in [2.45, 2.75) is 65.3 Å². The Morgan fingerprint density at radius 2 is 1.91 bits per heavy atom. The molecule has 0 bridgehead atoms. The number of esters is 1. The van der Waals surface area contributed by atoms with Crippen LogP contribution in [0.4, 0.5) is 0 Å². The number of rotatable bonds is 6. The Labute approximate surface area is 196 Å². The van der Waals surface area contributed by atoms with Crippen molar-refractivity contribution in [1.82, 2.24) is 4.90 Å². The van der Waals surface area contributed by atoms with E-state index in [4.69, 9.17) is 4.74 Å². The van der Waals surface area contributed by atoms with E-state index in [1.807, 2.05) is 30.3 Å². The summed E-state index contributed by atoms with van der Waals surface area (Å²) in [5.41, 5.74) is 2.19. The van der Waals surface area contributed by atoms with Crippen LogP contribution in [0, 0.1) is 22.7 Å². The lowest BCUT2D eigenvalue weighted by Crippen LogP contribution is -2.53. The van der Waals surface area contributed by atoms with Gasteiger partial charge in [-0.15, -0.1) is 0 Å². The number of carbonyl (C=O) groups excluding carboxylic acids is 3. The highest BCUT2D eigenvalue weighted by molar-refractivity contribution is 6.16. The minimum atomic E-state index is -0.481. The summed E-state index contributed by atoms with van der Waals surface area (Å²) >= 11 is 0. The highest BCUT2D eigenvalue weighted by atomic mass is 16.5. The summed E-state index contributed by atoms with van der Waals surface area (Å²) < 4.78 is 5.22. The van der Waals surface area contributed by atoms with Gasteiger partial charge in [-0.05, 0) is 68.3 Å². The molecule has 0 unspecified atom stereocenters. The van der Waals surface area contributed by atoms with Gasteiger partial charge in [0, 0.05) is 11.6 Å². The van der Waals surface area contributed by atoms with Crippen LogP contribution in [0.1, 0.15) is 64.4 Å². The fourth-order valence-corrected chi connectivity index (χ4v) is 6.92. The maximum atomic E-state index is 13.0. The summed E-state index contributed by atoms with van der Waals surface area (Å²) in [6.07, 6.45) is 7.55. The van der Waals surface area contributed by atoms with Crippen molar-refractivity contribution in [1.29, 1.82) is 0 Å².